The van der Waals surface area contributed by atoms with Crippen LogP contribution in [0.25, 0.3) is 21.9 Å². The second kappa shape index (κ2) is 14.4. The van der Waals surface area contributed by atoms with Crippen LogP contribution in [0, 0.1) is 0 Å². The Kier molecular flexibility index (Phi) is 9.97. The number of carboxylic acids is 1. The summed E-state index contributed by atoms with van der Waals surface area (Å²) in [4.78, 5) is 43.1. The van der Waals surface area contributed by atoms with Gasteiger partial charge in [-0.1, -0.05) is 84.9 Å². The summed E-state index contributed by atoms with van der Waals surface area (Å²) in [6.45, 7) is 0.257. The number of anilines is 1. The van der Waals surface area contributed by atoms with Gasteiger partial charge in [-0.3, -0.25) is 14.4 Å². The number of aliphatic carboxylic acids is 1. The van der Waals surface area contributed by atoms with Crippen LogP contribution >= 0.6 is 0 Å². The predicted octanol–water partition coefficient (Wildman–Crippen LogP) is 6.96. The molecule has 0 spiro atoms. The van der Waals surface area contributed by atoms with Crippen LogP contribution in [-0.2, 0) is 11.2 Å². The molecule has 5 aromatic carbocycles. The molecule has 0 aliphatic carbocycles. The summed E-state index contributed by atoms with van der Waals surface area (Å²) in [5, 5.41) is 11.5. The van der Waals surface area contributed by atoms with Crippen LogP contribution < -0.4 is 14.4 Å². The average Bonchev–Trinajstić information content (AvgIpc) is 3.10. The van der Waals surface area contributed by atoms with Crippen molar-refractivity contribution in [2.45, 2.75) is 12.8 Å². The first-order valence-corrected chi connectivity index (χ1v) is 15.0. The number of benzene rings is 5. The van der Waals surface area contributed by atoms with Gasteiger partial charge in [0.05, 0.1) is 26.3 Å². The minimum absolute atomic E-state index is 0.0131. The van der Waals surface area contributed by atoms with Gasteiger partial charge in [0, 0.05) is 36.7 Å². The number of rotatable bonds is 12. The van der Waals surface area contributed by atoms with E-state index in [1.54, 1.807) is 61.4 Å². The van der Waals surface area contributed by atoms with Crippen molar-refractivity contribution in [2.75, 3.05) is 39.3 Å². The third-order valence-corrected chi connectivity index (χ3v) is 8.06. The lowest BCUT2D eigenvalue weighted by atomic mass is 9.93. The van der Waals surface area contributed by atoms with E-state index in [9.17, 15) is 19.5 Å². The van der Waals surface area contributed by atoms with Crippen molar-refractivity contribution in [3.8, 4) is 22.6 Å². The van der Waals surface area contributed by atoms with Gasteiger partial charge >= 0.3 is 5.97 Å². The standard InChI is InChI=1S/C38H36N2O6/c1-39(33-20-10-13-26-12-4-5-15-28(26)33)37(43)31-18-8-6-16-29(31)30-17-7-9-19-32(30)38(44)40(25-23-35(41)42)24-22-27-14-11-21-34(45-2)36(27)46-3/h4-21H,22-25H2,1-3H3,(H,41,42). The number of nitrogens with zero attached hydrogens (tertiary/aromatic N) is 2. The van der Waals surface area contributed by atoms with Gasteiger partial charge in [-0.25, -0.2) is 0 Å². The van der Waals surface area contributed by atoms with E-state index in [0.717, 1.165) is 22.0 Å². The lowest BCUT2D eigenvalue weighted by Crippen LogP contribution is -2.35. The molecule has 0 heterocycles. The van der Waals surface area contributed by atoms with E-state index in [1.165, 1.54) is 0 Å². The minimum atomic E-state index is -1.00. The summed E-state index contributed by atoms with van der Waals surface area (Å²) in [7, 11) is 4.86. The molecule has 8 nitrogen and oxygen atoms in total. The van der Waals surface area contributed by atoms with Crippen molar-refractivity contribution >= 4 is 34.2 Å². The maximum Gasteiger partial charge on any atom is 0.305 e. The van der Waals surface area contributed by atoms with E-state index in [4.69, 9.17) is 9.47 Å². The number of ether oxygens (including phenoxy) is 2. The van der Waals surface area contributed by atoms with Crippen molar-refractivity contribution in [3.63, 3.8) is 0 Å². The summed E-state index contributed by atoms with van der Waals surface area (Å²) in [6, 6.07) is 33.6. The van der Waals surface area contributed by atoms with Crippen molar-refractivity contribution in [2.24, 2.45) is 0 Å². The molecule has 46 heavy (non-hydrogen) atoms. The van der Waals surface area contributed by atoms with Crippen LogP contribution in [0.1, 0.15) is 32.7 Å². The maximum absolute atomic E-state index is 14.2. The average molecular weight is 617 g/mol. The van der Waals surface area contributed by atoms with Crippen molar-refractivity contribution < 1.29 is 29.0 Å². The van der Waals surface area contributed by atoms with Gasteiger partial charge < -0.3 is 24.4 Å². The smallest absolute Gasteiger partial charge is 0.305 e. The first kappa shape index (κ1) is 31.8. The van der Waals surface area contributed by atoms with Crippen LogP contribution in [-0.4, -0.2) is 62.1 Å². The molecule has 0 saturated carbocycles. The number of hydrogen-bond donors (Lipinski definition) is 1. The molecule has 234 valence electrons. The Hall–Kier alpha value is -5.63. The van der Waals surface area contributed by atoms with Gasteiger partial charge in [-0.15, -0.1) is 0 Å². The summed E-state index contributed by atoms with van der Waals surface area (Å²) in [5.74, 6) is -0.412. The van der Waals surface area contributed by atoms with Gasteiger partial charge in [0.25, 0.3) is 11.8 Å². The Balaban J connectivity index is 1.49. The van der Waals surface area contributed by atoms with E-state index in [0.29, 0.717) is 40.2 Å². The molecular formula is C38H36N2O6. The lowest BCUT2D eigenvalue weighted by Gasteiger charge is -2.25. The van der Waals surface area contributed by atoms with E-state index >= 15 is 0 Å². The van der Waals surface area contributed by atoms with Crippen molar-refractivity contribution in [1.82, 2.24) is 4.90 Å². The van der Waals surface area contributed by atoms with Crippen molar-refractivity contribution in [3.05, 3.63) is 126 Å². The van der Waals surface area contributed by atoms with Gasteiger partial charge in [-0.2, -0.15) is 0 Å². The van der Waals surface area contributed by atoms with E-state index in [-0.39, 0.29) is 31.3 Å². The van der Waals surface area contributed by atoms with Gasteiger partial charge in [0.15, 0.2) is 11.5 Å². The number of fused-ring (bicyclic) bond motifs is 1. The number of amides is 2. The zero-order chi connectivity index (χ0) is 32.6. The Morgan fingerprint density at radius 1 is 0.674 bits per heavy atom. The highest BCUT2D eigenvalue weighted by Crippen LogP contribution is 2.33. The second-order valence-corrected chi connectivity index (χ2v) is 10.8. The molecule has 5 rings (SSSR count). The number of hydrogen-bond acceptors (Lipinski definition) is 5. The number of carbonyl (C=O) groups excluding carboxylic acids is 2. The number of methoxy groups -OCH3 is 2. The zero-order valence-electron chi connectivity index (χ0n) is 26.1. The first-order chi connectivity index (χ1) is 22.3. The SMILES string of the molecule is COc1cccc(CCN(CCC(=O)O)C(=O)c2ccccc2-c2ccccc2C(=O)N(C)c2cccc3ccccc23)c1OC. The van der Waals surface area contributed by atoms with Crippen LogP contribution in [0.2, 0.25) is 0 Å². The van der Waals surface area contributed by atoms with E-state index in [2.05, 4.69) is 0 Å². The molecule has 0 saturated heterocycles. The molecule has 5 aromatic rings. The number of para-hydroxylation sites is 1. The molecule has 8 heteroatoms. The maximum atomic E-state index is 14.2. The third-order valence-electron chi connectivity index (χ3n) is 8.06. The highest BCUT2D eigenvalue weighted by atomic mass is 16.5. The third kappa shape index (κ3) is 6.71. The molecule has 0 aliphatic heterocycles. The zero-order valence-corrected chi connectivity index (χ0v) is 26.1. The van der Waals surface area contributed by atoms with E-state index in [1.807, 2.05) is 78.9 Å². The fourth-order valence-corrected chi connectivity index (χ4v) is 5.72. The van der Waals surface area contributed by atoms with E-state index < -0.39 is 5.97 Å². The predicted molar refractivity (Wildman–Crippen MR) is 180 cm³/mol. The summed E-state index contributed by atoms with van der Waals surface area (Å²) in [6.07, 6.45) is 0.201. The topological polar surface area (TPSA) is 96.4 Å². The van der Waals surface area contributed by atoms with Crippen LogP contribution in [0.15, 0.2) is 109 Å². The fourth-order valence-electron chi connectivity index (χ4n) is 5.72. The largest absolute Gasteiger partial charge is 0.493 e. The molecule has 0 aromatic heterocycles. The number of carboxylic acid groups (broad SMARTS) is 1. The van der Waals surface area contributed by atoms with Gasteiger partial charge in [0.1, 0.15) is 0 Å². The molecule has 0 bridgehead atoms. The molecule has 0 fully saturated rings. The molecule has 1 N–H and O–H groups in total. The molecular weight excluding hydrogens is 580 g/mol. The molecule has 0 unspecified atom stereocenters. The van der Waals surface area contributed by atoms with Crippen molar-refractivity contribution in [1.29, 1.82) is 0 Å². The number of carbonyl (C=O) groups is 3. The van der Waals surface area contributed by atoms with Gasteiger partial charge in [-0.05, 0) is 52.8 Å². The molecule has 0 radical (unpaired) electrons. The van der Waals surface area contributed by atoms with Crippen LogP contribution in [0.5, 0.6) is 11.5 Å². The highest BCUT2D eigenvalue weighted by Gasteiger charge is 2.25. The monoisotopic (exact) mass is 616 g/mol. The minimum Gasteiger partial charge on any atom is -0.493 e. The fraction of sp³-hybridized carbons (Fsp3) is 0.184. The summed E-state index contributed by atoms with van der Waals surface area (Å²) >= 11 is 0. The van der Waals surface area contributed by atoms with Crippen LogP contribution in [0.4, 0.5) is 5.69 Å². The molecule has 0 atom stereocenters. The molecule has 0 aliphatic rings. The van der Waals surface area contributed by atoms with Gasteiger partial charge in [0.2, 0.25) is 0 Å². The highest BCUT2D eigenvalue weighted by molar-refractivity contribution is 6.14. The Morgan fingerprint density at radius 3 is 1.96 bits per heavy atom. The molecule has 2 amide bonds. The second-order valence-electron chi connectivity index (χ2n) is 10.8. The normalized spacial score (nSPS) is 10.8. The Morgan fingerprint density at radius 2 is 1.28 bits per heavy atom. The first-order valence-electron chi connectivity index (χ1n) is 15.0. The summed E-state index contributed by atoms with van der Waals surface area (Å²) < 4.78 is 11.0. The lowest BCUT2D eigenvalue weighted by molar-refractivity contribution is -0.137. The quantitative estimate of drug-likeness (QED) is 0.163. The van der Waals surface area contributed by atoms with Crippen LogP contribution in [0.3, 0.4) is 0 Å². The summed E-state index contributed by atoms with van der Waals surface area (Å²) in [5.41, 5.74) is 3.61. The Labute approximate surface area is 268 Å². The Bertz CT molecular complexity index is 1880.